The number of halogens is 2. The van der Waals surface area contributed by atoms with Crippen molar-refractivity contribution >= 4 is 55.5 Å². The van der Waals surface area contributed by atoms with Gasteiger partial charge < -0.3 is 14.8 Å². The molecule has 0 radical (unpaired) electrons. The molecule has 0 aliphatic heterocycles. The van der Waals surface area contributed by atoms with Crippen LogP contribution in [-0.2, 0) is 26.1 Å². The van der Waals surface area contributed by atoms with Crippen LogP contribution >= 0.6 is 22.9 Å². The minimum atomic E-state index is -4.44. The van der Waals surface area contributed by atoms with Gasteiger partial charge in [0.05, 0.1) is 29.7 Å². The van der Waals surface area contributed by atoms with Gasteiger partial charge in [-0.05, 0) is 63.6 Å². The van der Waals surface area contributed by atoms with Gasteiger partial charge in [0.15, 0.2) is 5.69 Å². The van der Waals surface area contributed by atoms with Crippen molar-refractivity contribution in [1.29, 1.82) is 0 Å². The van der Waals surface area contributed by atoms with Gasteiger partial charge in [-0.1, -0.05) is 12.1 Å². The Balaban J connectivity index is 2.08. The first-order chi connectivity index (χ1) is 17.7. The minimum Gasteiger partial charge on any atom is -0.497 e. The molecule has 38 heavy (non-hydrogen) atoms. The number of methoxy groups -OCH3 is 1. The number of benzene rings is 2. The van der Waals surface area contributed by atoms with Crippen LogP contribution in [0.15, 0.2) is 52.9 Å². The Morgan fingerprint density at radius 3 is 2.39 bits per heavy atom. The first-order valence-electron chi connectivity index (χ1n) is 11.3. The Bertz CT molecular complexity index is 1420. The first-order valence-corrected chi connectivity index (χ1v) is 14.1. The fraction of sp³-hybridized carbons (Fsp3) is 0.320. The molecule has 1 heterocycles. The summed E-state index contributed by atoms with van der Waals surface area (Å²) in [6.45, 7) is 6.25. The molecule has 2 aromatic carbocycles. The van der Waals surface area contributed by atoms with Crippen molar-refractivity contribution in [3.63, 3.8) is 0 Å². The number of ether oxygens (including phenoxy) is 2. The van der Waals surface area contributed by atoms with E-state index in [4.69, 9.17) is 21.1 Å². The highest BCUT2D eigenvalue weighted by Crippen LogP contribution is 2.34. The monoisotopic (exact) mass is 583 g/mol. The molecular weight excluding hydrogens is 557 g/mol. The minimum absolute atomic E-state index is 0.00354. The number of hydrogen-bond donors (Lipinski definition) is 1. The molecule has 13 heteroatoms. The van der Waals surface area contributed by atoms with E-state index in [9.17, 15) is 22.4 Å². The lowest BCUT2D eigenvalue weighted by Crippen LogP contribution is -2.32. The summed E-state index contributed by atoms with van der Waals surface area (Å²) in [4.78, 5) is 28.4. The van der Waals surface area contributed by atoms with Crippen molar-refractivity contribution in [2.75, 3.05) is 16.7 Å². The van der Waals surface area contributed by atoms with Crippen LogP contribution in [0, 0.1) is 5.82 Å². The van der Waals surface area contributed by atoms with Crippen molar-refractivity contribution in [2.45, 2.75) is 50.1 Å². The summed E-state index contributed by atoms with van der Waals surface area (Å²) in [5.41, 5.74) is 0.635. The highest BCUT2D eigenvalue weighted by molar-refractivity contribution is 7.93. The summed E-state index contributed by atoms with van der Waals surface area (Å²) in [7, 11) is -2.93. The molecule has 204 valence electrons. The summed E-state index contributed by atoms with van der Waals surface area (Å²) >= 11 is 6.65. The van der Waals surface area contributed by atoms with Gasteiger partial charge in [-0.3, -0.25) is 9.10 Å². The Kier molecular flexibility index (Phi) is 9.01. The van der Waals surface area contributed by atoms with Crippen LogP contribution in [0.5, 0.6) is 5.75 Å². The van der Waals surface area contributed by atoms with Gasteiger partial charge in [-0.15, -0.1) is 22.9 Å². The molecule has 0 bridgehead atoms. The van der Waals surface area contributed by atoms with Crippen molar-refractivity contribution in [3.8, 4) is 5.75 Å². The van der Waals surface area contributed by atoms with E-state index >= 15 is 0 Å². The third-order valence-corrected chi connectivity index (χ3v) is 7.90. The molecular formula is C25H27ClFN3O6S2. The maximum atomic E-state index is 14.9. The summed E-state index contributed by atoms with van der Waals surface area (Å²) < 4.78 is 54.2. The summed E-state index contributed by atoms with van der Waals surface area (Å²) in [5, 5.41) is 1.39. The standard InChI is InChI=1S/C25H27ClFN3O6S2/c1-15(26)22(31)29-20-11-10-18(12-19(20)27)38(33,34)30(13-16-6-8-17(35-5)9-7-16)23-21(28-14-37-23)24(32)36-25(2,3)4/h6-12,14-15H,13H2,1-5H3,(H,29,31). The maximum absolute atomic E-state index is 14.9. The number of thiazole rings is 1. The maximum Gasteiger partial charge on any atom is 0.360 e. The lowest BCUT2D eigenvalue weighted by Gasteiger charge is -2.25. The highest BCUT2D eigenvalue weighted by atomic mass is 35.5. The van der Waals surface area contributed by atoms with Gasteiger partial charge in [0.25, 0.3) is 10.0 Å². The Morgan fingerprint density at radius 1 is 1.18 bits per heavy atom. The molecule has 1 amide bonds. The van der Waals surface area contributed by atoms with Crippen LogP contribution in [0.4, 0.5) is 15.1 Å². The van der Waals surface area contributed by atoms with E-state index in [1.54, 1.807) is 45.0 Å². The lowest BCUT2D eigenvalue weighted by molar-refractivity contribution is -0.115. The smallest absolute Gasteiger partial charge is 0.360 e. The van der Waals surface area contributed by atoms with Crippen LogP contribution in [0.3, 0.4) is 0 Å². The van der Waals surface area contributed by atoms with Crippen molar-refractivity contribution < 1.29 is 31.9 Å². The average Bonchev–Trinajstić information content (AvgIpc) is 3.32. The second-order valence-corrected chi connectivity index (χ2v) is 12.5. The predicted octanol–water partition coefficient (Wildman–Crippen LogP) is 5.21. The second kappa shape index (κ2) is 11.7. The summed E-state index contributed by atoms with van der Waals surface area (Å²) in [6.07, 6.45) is 0. The first kappa shape index (κ1) is 29.3. The van der Waals surface area contributed by atoms with Gasteiger partial charge in [0, 0.05) is 0 Å². The molecule has 0 spiro atoms. The van der Waals surface area contributed by atoms with Gasteiger partial charge in [0.1, 0.15) is 27.5 Å². The number of aromatic nitrogens is 1. The average molecular weight is 584 g/mol. The van der Waals surface area contributed by atoms with Crippen molar-refractivity contribution in [2.24, 2.45) is 0 Å². The molecule has 9 nitrogen and oxygen atoms in total. The second-order valence-electron chi connectivity index (χ2n) is 9.11. The third-order valence-electron chi connectivity index (χ3n) is 5.00. The highest BCUT2D eigenvalue weighted by Gasteiger charge is 2.33. The van der Waals surface area contributed by atoms with E-state index in [1.165, 1.54) is 19.5 Å². The fourth-order valence-corrected chi connectivity index (χ4v) is 5.70. The summed E-state index contributed by atoms with van der Waals surface area (Å²) in [6, 6.07) is 9.74. The largest absolute Gasteiger partial charge is 0.497 e. The molecule has 3 aromatic rings. The Hall–Kier alpha value is -3.22. The molecule has 0 fully saturated rings. The number of nitrogens with one attached hydrogen (secondary N) is 1. The van der Waals surface area contributed by atoms with E-state index in [2.05, 4.69) is 10.3 Å². The molecule has 3 rings (SSSR count). The molecule has 1 atom stereocenters. The number of sulfonamides is 1. The van der Waals surface area contributed by atoms with Gasteiger partial charge in [-0.25, -0.2) is 22.6 Å². The zero-order chi connectivity index (χ0) is 28.3. The fourth-order valence-electron chi connectivity index (χ4n) is 3.16. The van der Waals surface area contributed by atoms with Gasteiger partial charge in [0.2, 0.25) is 5.91 Å². The van der Waals surface area contributed by atoms with Crippen molar-refractivity contribution in [3.05, 3.63) is 65.0 Å². The van der Waals surface area contributed by atoms with Crippen LogP contribution in [0.2, 0.25) is 0 Å². The predicted molar refractivity (Wildman–Crippen MR) is 144 cm³/mol. The van der Waals surface area contributed by atoms with E-state index < -0.39 is 43.6 Å². The van der Waals surface area contributed by atoms with Crippen LogP contribution < -0.4 is 14.4 Å². The van der Waals surface area contributed by atoms with E-state index in [0.29, 0.717) is 11.3 Å². The lowest BCUT2D eigenvalue weighted by atomic mass is 10.2. The molecule has 0 aliphatic rings. The van der Waals surface area contributed by atoms with E-state index in [0.717, 1.165) is 33.8 Å². The van der Waals surface area contributed by atoms with Crippen LogP contribution in [-0.4, -0.2) is 43.4 Å². The van der Waals surface area contributed by atoms with Gasteiger partial charge in [-0.2, -0.15) is 0 Å². The number of esters is 1. The summed E-state index contributed by atoms with van der Waals surface area (Å²) in [5.74, 6) is -1.85. The number of anilines is 2. The van der Waals surface area contributed by atoms with E-state index in [-0.39, 0.29) is 22.9 Å². The molecule has 0 saturated heterocycles. The van der Waals surface area contributed by atoms with Crippen LogP contribution in [0.1, 0.15) is 43.7 Å². The number of hydrogen-bond acceptors (Lipinski definition) is 8. The molecule has 1 unspecified atom stereocenters. The number of carbonyl (C=O) groups is 2. The number of amides is 1. The number of rotatable bonds is 9. The molecule has 0 saturated carbocycles. The molecule has 1 aromatic heterocycles. The normalized spacial score (nSPS) is 12.5. The SMILES string of the molecule is COc1ccc(CN(c2scnc2C(=O)OC(C)(C)C)S(=O)(=O)c2ccc(NC(=O)C(C)Cl)c(F)c2)cc1. The molecule has 1 N–H and O–H groups in total. The number of alkyl halides is 1. The van der Waals surface area contributed by atoms with Crippen LogP contribution in [0.25, 0.3) is 0 Å². The Morgan fingerprint density at radius 2 is 1.84 bits per heavy atom. The molecule has 0 aliphatic carbocycles. The Labute approximate surface area is 229 Å². The zero-order valence-corrected chi connectivity index (χ0v) is 23.7. The zero-order valence-electron chi connectivity index (χ0n) is 21.3. The van der Waals surface area contributed by atoms with Crippen molar-refractivity contribution in [1.82, 2.24) is 4.98 Å². The van der Waals surface area contributed by atoms with E-state index in [1.807, 2.05) is 0 Å². The number of nitrogens with zero attached hydrogens (tertiary/aromatic N) is 2. The number of carbonyl (C=O) groups excluding carboxylic acids is 2. The van der Waals surface area contributed by atoms with Gasteiger partial charge >= 0.3 is 5.97 Å². The topological polar surface area (TPSA) is 115 Å². The third kappa shape index (κ3) is 7.00. The quantitative estimate of drug-likeness (QED) is 0.272.